The smallest absolute Gasteiger partial charge is 0.338 e. The Labute approximate surface area is 92.6 Å². The summed E-state index contributed by atoms with van der Waals surface area (Å²) < 4.78 is 0.467. The van der Waals surface area contributed by atoms with Crippen LogP contribution in [-0.2, 0) is 0 Å². The number of hydrogen-bond donors (Lipinski definition) is 1. The van der Waals surface area contributed by atoms with E-state index in [-0.39, 0.29) is 10.6 Å². The summed E-state index contributed by atoms with van der Waals surface area (Å²) in [6.07, 6.45) is 0. The van der Waals surface area contributed by atoms with Crippen LogP contribution >= 0.6 is 45.8 Å². The van der Waals surface area contributed by atoms with Gasteiger partial charge in [0.1, 0.15) is 0 Å². The van der Waals surface area contributed by atoms with Crippen LogP contribution in [0.1, 0.15) is 10.4 Å². The van der Waals surface area contributed by atoms with Crippen molar-refractivity contribution in [3.8, 4) is 0 Å². The fourth-order valence-electron chi connectivity index (χ4n) is 0.723. The molecule has 2 nitrogen and oxygen atoms in total. The number of aromatic carboxylic acids is 1. The van der Waals surface area contributed by atoms with E-state index >= 15 is 0 Å². The van der Waals surface area contributed by atoms with Gasteiger partial charge in [0.05, 0.1) is 15.6 Å². The summed E-state index contributed by atoms with van der Waals surface area (Å²) in [5, 5.41) is 9.33. The van der Waals surface area contributed by atoms with Gasteiger partial charge in [0, 0.05) is 3.57 Å². The first-order valence-corrected chi connectivity index (χ1v) is 4.74. The van der Waals surface area contributed by atoms with Crippen molar-refractivity contribution in [3.05, 3.63) is 31.3 Å². The van der Waals surface area contributed by atoms with Crippen LogP contribution in [0, 0.1) is 3.57 Å². The zero-order valence-electron chi connectivity index (χ0n) is 5.64. The quantitative estimate of drug-likeness (QED) is 0.637. The maximum atomic E-state index is 10.6. The molecule has 0 aliphatic rings. The SMILES string of the molecule is O=C(O)c1c(Cl)ccc(Cl)c1I. The predicted octanol–water partition coefficient (Wildman–Crippen LogP) is 3.30. The van der Waals surface area contributed by atoms with E-state index in [9.17, 15) is 4.79 Å². The Bertz CT molecular complexity index is 338. The highest BCUT2D eigenvalue weighted by Crippen LogP contribution is 2.28. The minimum Gasteiger partial charge on any atom is -0.478 e. The van der Waals surface area contributed by atoms with E-state index in [4.69, 9.17) is 28.3 Å². The van der Waals surface area contributed by atoms with E-state index in [1.54, 1.807) is 6.07 Å². The van der Waals surface area contributed by atoms with Crippen LogP contribution in [0.25, 0.3) is 0 Å². The third-order valence-corrected chi connectivity index (χ3v) is 3.33. The zero-order valence-corrected chi connectivity index (χ0v) is 9.31. The summed E-state index contributed by atoms with van der Waals surface area (Å²) in [4.78, 5) is 10.6. The Balaban J connectivity index is 3.43. The summed E-state index contributed by atoms with van der Waals surface area (Å²) in [7, 11) is 0. The molecule has 0 saturated carbocycles. The first-order chi connectivity index (χ1) is 5.54. The molecule has 0 fully saturated rings. The fourth-order valence-corrected chi connectivity index (χ4v) is 1.98. The van der Waals surface area contributed by atoms with Crippen molar-refractivity contribution in [2.24, 2.45) is 0 Å². The molecule has 64 valence electrons. The molecule has 0 aliphatic heterocycles. The van der Waals surface area contributed by atoms with E-state index in [1.807, 2.05) is 22.6 Å². The first-order valence-electron chi connectivity index (χ1n) is 2.91. The van der Waals surface area contributed by atoms with Gasteiger partial charge in [0.2, 0.25) is 0 Å². The summed E-state index contributed by atoms with van der Waals surface area (Å²) in [5.74, 6) is -1.06. The first kappa shape index (κ1) is 10.1. The van der Waals surface area contributed by atoms with Crippen molar-refractivity contribution in [1.29, 1.82) is 0 Å². The summed E-state index contributed by atoms with van der Waals surface area (Å²) >= 11 is 13.2. The average Bonchev–Trinajstić information content (AvgIpc) is 1.97. The molecule has 1 rings (SSSR count). The Morgan fingerprint density at radius 1 is 1.33 bits per heavy atom. The molecule has 5 heteroatoms. The topological polar surface area (TPSA) is 37.3 Å². The second-order valence-electron chi connectivity index (χ2n) is 2.02. The van der Waals surface area contributed by atoms with Gasteiger partial charge in [-0.2, -0.15) is 0 Å². The molecular formula is C7H3Cl2IO2. The summed E-state index contributed by atoms with van der Waals surface area (Å²) in [6.45, 7) is 0. The van der Waals surface area contributed by atoms with Crippen molar-refractivity contribution in [3.63, 3.8) is 0 Å². The standard InChI is InChI=1S/C7H3Cl2IO2/c8-3-1-2-4(9)6(10)5(3)7(11)12/h1-2H,(H,11,12). The van der Waals surface area contributed by atoms with Gasteiger partial charge in [-0.1, -0.05) is 23.2 Å². The zero-order chi connectivity index (χ0) is 9.30. The third kappa shape index (κ3) is 1.84. The molecule has 0 heterocycles. The number of benzene rings is 1. The highest BCUT2D eigenvalue weighted by atomic mass is 127. The normalized spacial score (nSPS) is 9.92. The minimum absolute atomic E-state index is 0.0600. The number of rotatable bonds is 1. The molecule has 0 amide bonds. The van der Waals surface area contributed by atoms with Crippen molar-refractivity contribution in [1.82, 2.24) is 0 Å². The highest BCUT2D eigenvalue weighted by Gasteiger charge is 2.14. The van der Waals surface area contributed by atoms with Crippen LogP contribution in [-0.4, -0.2) is 11.1 Å². The lowest BCUT2D eigenvalue weighted by atomic mass is 10.2. The monoisotopic (exact) mass is 316 g/mol. The van der Waals surface area contributed by atoms with Crippen molar-refractivity contribution in [2.75, 3.05) is 0 Å². The Morgan fingerprint density at radius 3 is 2.25 bits per heavy atom. The molecule has 0 aliphatic carbocycles. The number of hydrogen-bond acceptors (Lipinski definition) is 1. The largest absolute Gasteiger partial charge is 0.478 e. The van der Waals surface area contributed by atoms with Gasteiger partial charge in [-0.3, -0.25) is 0 Å². The molecule has 0 atom stereocenters. The van der Waals surface area contributed by atoms with Gasteiger partial charge < -0.3 is 5.11 Å². The van der Waals surface area contributed by atoms with Gasteiger partial charge in [-0.05, 0) is 34.7 Å². The van der Waals surface area contributed by atoms with Crippen LogP contribution < -0.4 is 0 Å². The van der Waals surface area contributed by atoms with E-state index in [0.29, 0.717) is 8.59 Å². The third-order valence-electron chi connectivity index (χ3n) is 1.26. The average molecular weight is 317 g/mol. The van der Waals surface area contributed by atoms with Crippen molar-refractivity contribution < 1.29 is 9.90 Å². The number of carbonyl (C=O) groups is 1. The summed E-state index contributed by atoms with van der Waals surface area (Å²) in [5.41, 5.74) is 0.0600. The molecule has 1 N–H and O–H groups in total. The maximum absolute atomic E-state index is 10.6. The minimum atomic E-state index is -1.06. The van der Waals surface area contributed by atoms with Gasteiger partial charge in [0.25, 0.3) is 0 Å². The number of carboxylic acids is 1. The fraction of sp³-hybridized carbons (Fsp3) is 0. The maximum Gasteiger partial charge on any atom is 0.338 e. The van der Waals surface area contributed by atoms with Gasteiger partial charge >= 0.3 is 5.97 Å². The molecule has 0 radical (unpaired) electrons. The molecule has 1 aromatic rings. The Hall–Kier alpha value is -0.000000000000000111. The molecule has 0 saturated heterocycles. The highest BCUT2D eigenvalue weighted by molar-refractivity contribution is 14.1. The van der Waals surface area contributed by atoms with E-state index in [0.717, 1.165) is 0 Å². The van der Waals surface area contributed by atoms with Gasteiger partial charge in [0.15, 0.2) is 0 Å². The predicted molar refractivity (Wildman–Crippen MR) is 56.1 cm³/mol. The second kappa shape index (κ2) is 3.81. The second-order valence-corrected chi connectivity index (χ2v) is 3.92. The van der Waals surface area contributed by atoms with Crippen LogP contribution in [0.5, 0.6) is 0 Å². The van der Waals surface area contributed by atoms with Crippen LogP contribution in [0.2, 0.25) is 10.0 Å². The van der Waals surface area contributed by atoms with Crippen molar-refractivity contribution >= 4 is 51.8 Å². The Morgan fingerprint density at radius 2 is 1.83 bits per heavy atom. The molecule has 0 bridgehead atoms. The number of carboxylic acid groups (broad SMARTS) is 1. The van der Waals surface area contributed by atoms with E-state index < -0.39 is 5.97 Å². The molecule has 0 unspecified atom stereocenters. The van der Waals surface area contributed by atoms with Crippen LogP contribution in [0.4, 0.5) is 0 Å². The molecule has 1 aromatic carbocycles. The lowest BCUT2D eigenvalue weighted by molar-refractivity contribution is 0.0696. The molecular weight excluding hydrogens is 314 g/mol. The lowest BCUT2D eigenvalue weighted by Gasteiger charge is -2.02. The lowest BCUT2D eigenvalue weighted by Crippen LogP contribution is -2.00. The van der Waals surface area contributed by atoms with E-state index in [1.165, 1.54) is 6.07 Å². The molecule has 0 spiro atoms. The van der Waals surface area contributed by atoms with E-state index in [2.05, 4.69) is 0 Å². The van der Waals surface area contributed by atoms with Crippen LogP contribution in [0.3, 0.4) is 0 Å². The van der Waals surface area contributed by atoms with Gasteiger partial charge in [-0.25, -0.2) is 4.79 Å². The molecule has 12 heavy (non-hydrogen) atoms. The van der Waals surface area contributed by atoms with Crippen molar-refractivity contribution in [2.45, 2.75) is 0 Å². The molecule has 0 aromatic heterocycles. The number of halogens is 3. The van der Waals surface area contributed by atoms with Gasteiger partial charge in [-0.15, -0.1) is 0 Å². The Kier molecular flexibility index (Phi) is 3.20. The van der Waals surface area contributed by atoms with Crippen LogP contribution in [0.15, 0.2) is 12.1 Å². The summed E-state index contributed by atoms with van der Waals surface area (Å²) in [6, 6.07) is 3.04.